The summed E-state index contributed by atoms with van der Waals surface area (Å²) in [5.74, 6) is -1.81. The Kier molecular flexibility index (Phi) is 4.62. The van der Waals surface area contributed by atoms with E-state index in [1.54, 1.807) is 29.2 Å². The van der Waals surface area contributed by atoms with Crippen LogP contribution in [-0.2, 0) is 0 Å². The van der Waals surface area contributed by atoms with Gasteiger partial charge in [0.15, 0.2) is 5.11 Å². The molecule has 35 heavy (non-hydrogen) atoms. The molecule has 0 spiro atoms. The number of nitriles is 1. The molecule has 1 saturated heterocycles. The van der Waals surface area contributed by atoms with Gasteiger partial charge in [-0.05, 0) is 30.8 Å². The summed E-state index contributed by atoms with van der Waals surface area (Å²) in [6.45, 7) is 0.343. The maximum Gasteiger partial charge on any atom is 0.336 e. The number of aromatic hydroxyl groups is 1. The zero-order valence-electron chi connectivity index (χ0n) is 17.9. The van der Waals surface area contributed by atoms with Crippen molar-refractivity contribution in [3.63, 3.8) is 0 Å². The van der Waals surface area contributed by atoms with Gasteiger partial charge in [-0.1, -0.05) is 30.3 Å². The van der Waals surface area contributed by atoms with Gasteiger partial charge in [0.25, 0.3) is 0 Å². The predicted molar refractivity (Wildman–Crippen MR) is 127 cm³/mol. The molecule has 8 nitrogen and oxygen atoms in total. The summed E-state index contributed by atoms with van der Waals surface area (Å²) >= 11 is 5.44. The first kappa shape index (κ1) is 21.2. The summed E-state index contributed by atoms with van der Waals surface area (Å²) in [4.78, 5) is 19.3. The second-order valence-corrected chi connectivity index (χ2v) is 8.82. The lowest BCUT2D eigenvalue weighted by Gasteiger charge is -2.30. The van der Waals surface area contributed by atoms with E-state index in [1.807, 2.05) is 6.07 Å². The average molecular weight is 490 g/mol. The number of thiocarbonyl (C=S) groups is 1. The van der Waals surface area contributed by atoms with Crippen molar-refractivity contribution in [2.45, 2.75) is 18.5 Å². The highest BCUT2D eigenvalue weighted by molar-refractivity contribution is 7.80. The van der Waals surface area contributed by atoms with Gasteiger partial charge >= 0.3 is 5.69 Å². The number of para-hydroxylation sites is 1. The molecule has 2 aromatic carbocycles. The number of hydrogen-bond acceptors (Lipinski definition) is 5. The van der Waals surface area contributed by atoms with Gasteiger partial charge in [0, 0.05) is 17.3 Å². The number of aromatic nitrogens is 3. The standard InChI is InChI=1S/C24H16F2N6O2S/c25-15-6-3-7-16(26)20(15)29-23(35)30-11-12-8-18(30)21-22(33)32(24(34)31(12)21)19-10-28-17(9-27)13-4-1-2-5-14(13)19/h1-7,10,12,18,33H,8,11H2,(H,29,35)/t12-,18-/m0/s1. The molecule has 0 aliphatic carbocycles. The highest BCUT2D eigenvalue weighted by Gasteiger charge is 2.48. The molecule has 2 N–H and O–H groups in total. The molecular weight excluding hydrogens is 474 g/mol. The third kappa shape index (κ3) is 2.96. The number of halogens is 2. The van der Waals surface area contributed by atoms with Crippen molar-refractivity contribution in [1.82, 2.24) is 19.0 Å². The Hall–Kier alpha value is -4.30. The molecular formula is C24H16F2N6O2S. The number of rotatable bonds is 2. The third-order valence-corrected chi connectivity index (χ3v) is 6.97. The second kappa shape index (κ2) is 7.61. The lowest BCUT2D eigenvalue weighted by molar-refractivity contribution is 0.341. The van der Waals surface area contributed by atoms with Crippen LogP contribution in [0.15, 0.2) is 53.5 Å². The Morgan fingerprint density at radius 3 is 2.60 bits per heavy atom. The topological polar surface area (TPSA) is 99.1 Å². The Bertz CT molecular complexity index is 1640. The molecule has 2 aliphatic rings. The first-order chi connectivity index (χ1) is 16.9. The fourth-order valence-corrected chi connectivity index (χ4v) is 5.43. The summed E-state index contributed by atoms with van der Waals surface area (Å²) in [5.41, 5.74) is 0.156. The van der Waals surface area contributed by atoms with Gasteiger partial charge in [-0.3, -0.25) is 4.57 Å². The third-order valence-electron chi connectivity index (χ3n) is 6.63. The summed E-state index contributed by atoms with van der Waals surface area (Å²) < 4.78 is 31.0. The number of pyridine rings is 1. The number of anilines is 1. The maximum absolute atomic E-state index is 14.1. The van der Waals surface area contributed by atoms with Crippen LogP contribution in [0.4, 0.5) is 14.5 Å². The van der Waals surface area contributed by atoms with E-state index >= 15 is 0 Å². The van der Waals surface area contributed by atoms with Crippen LogP contribution in [0.5, 0.6) is 5.88 Å². The zero-order valence-corrected chi connectivity index (χ0v) is 18.8. The molecule has 4 heterocycles. The lowest BCUT2D eigenvalue weighted by Crippen LogP contribution is -2.40. The predicted octanol–water partition coefficient (Wildman–Crippen LogP) is 3.74. The van der Waals surface area contributed by atoms with Gasteiger partial charge in [0.2, 0.25) is 5.88 Å². The summed E-state index contributed by atoms with van der Waals surface area (Å²) in [7, 11) is 0. The zero-order chi connectivity index (χ0) is 24.4. The van der Waals surface area contributed by atoms with Crippen LogP contribution in [0.1, 0.15) is 29.9 Å². The van der Waals surface area contributed by atoms with Gasteiger partial charge in [-0.25, -0.2) is 23.1 Å². The quantitative estimate of drug-likeness (QED) is 0.413. The van der Waals surface area contributed by atoms with Crippen LogP contribution in [0.3, 0.4) is 0 Å². The van der Waals surface area contributed by atoms with Crippen LogP contribution in [0.25, 0.3) is 16.5 Å². The Labute approximate surface area is 202 Å². The minimum absolute atomic E-state index is 0.0952. The molecule has 0 amide bonds. The normalized spacial score (nSPS) is 18.0. The first-order valence-corrected chi connectivity index (χ1v) is 11.2. The van der Waals surface area contributed by atoms with Gasteiger partial charge < -0.3 is 15.3 Å². The van der Waals surface area contributed by atoms with E-state index in [1.165, 1.54) is 21.4 Å². The van der Waals surface area contributed by atoms with E-state index in [4.69, 9.17) is 12.2 Å². The minimum atomic E-state index is -0.775. The second-order valence-electron chi connectivity index (χ2n) is 8.43. The van der Waals surface area contributed by atoms with Crippen molar-refractivity contribution < 1.29 is 13.9 Å². The van der Waals surface area contributed by atoms with Crippen molar-refractivity contribution in [3.8, 4) is 17.6 Å². The fraction of sp³-hybridized carbons (Fsp3) is 0.167. The van der Waals surface area contributed by atoms with Gasteiger partial charge in [-0.15, -0.1) is 0 Å². The Balaban J connectivity index is 1.42. The maximum atomic E-state index is 14.1. The molecule has 0 unspecified atom stereocenters. The monoisotopic (exact) mass is 490 g/mol. The van der Waals surface area contributed by atoms with Crippen LogP contribution in [0, 0.1) is 23.0 Å². The smallest absolute Gasteiger partial charge is 0.336 e. The minimum Gasteiger partial charge on any atom is -0.493 e. The Morgan fingerprint density at radius 1 is 1.17 bits per heavy atom. The van der Waals surface area contributed by atoms with E-state index in [9.17, 15) is 23.9 Å². The van der Waals surface area contributed by atoms with E-state index in [2.05, 4.69) is 10.3 Å². The molecule has 174 valence electrons. The molecule has 2 aliphatic heterocycles. The lowest BCUT2D eigenvalue weighted by atomic mass is 10.1. The average Bonchev–Trinajstić information content (AvgIpc) is 3.52. The number of likely N-dealkylation sites (tertiary alicyclic amines) is 1. The molecule has 0 saturated carbocycles. The molecule has 2 atom stereocenters. The van der Waals surface area contributed by atoms with E-state index < -0.39 is 23.4 Å². The number of benzene rings is 2. The largest absolute Gasteiger partial charge is 0.493 e. The molecule has 2 aromatic heterocycles. The summed E-state index contributed by atoms with van der Waals surface area (Å²) in [5, 5.41) is 24.5. The number of imidazole rings is 1. The molecule has 0 radical (unpaired) electrons. The van der Waals surface area contributed by atoms with Crippen molar-refractivity contribution in [3.05, 3.63) is 82.2 Å². The molecule has 2 bridgehead atoms. The van der Waals surface area contributed by atoms with Crippen molar-refractivity contribution >= 4 is 33.8 Å². The van der Waals surface area contributed by atoms with Crippen LogP contribution in [0.2, 0.25) is 0 Å². The van der Waals surface area contributed by atoms with Gasteiger partial charge in [0.1, 0.15) is 34.8 Å². The van der Waals surface area contributed by atoms with Gasteiger partial charge in [-0.2, -0.15) is 5.26 Å². The van der Waals surface area contributed by atoms with Crippen LogP contribution in [-0.4, -0.2) is 35.8 Å². The molecule has 1 fully saturated rings. The fourth-order valence-electron chi connectivity index (χ4n) is 5.13. The van der Waals surface area contributed by atoms with Crippen molar-refractivity contribution in [2.24, 2.45) is 0 Å². The summed E-state index contributed by atoms with van der Waals surface area (Å²) in [6.07, 6.45) is 1.91. The van der Waals surface area contributed by atoms with Crippen LogP contribution < -0.4 is 11.0 Å². The van der Waals surface area contributed by atoms with E-state index in [-0.39, 0.29) is 28.4 Å². The van der Waals surface area contributed by atoms with E-state index in [0.717, 1.165) is 12.1 Å². The number of hydrogen-bond donors (Lipinski definition) is 2. The van der Waals surface area contributed by atoms with Gasteiger partial charge in [0.05, 0.1) is 24.0 Å². The highest BCUT2D eigenvalue weighted by atomic mass is 32.1. The number of nitrogens with zero attached hydrogens (tertiary/aromatic N) is 5. The van der Waals surface area contributed by atoms with Crippen LogP contribution >= 0.6 is 12.2 Å². The van der Waals surface area contributed by atoms with E-state index in [0.29, 0.717) is 35.1 Å². The number of nitrogens with one attached hydrogen (secondary N) is 1. The molecule has 11 heteroatoms. The summed E-state index contributed by atoms with van der Waals surface area (Å²) in [6, 6.07) is 11.8. The molecule has 6 rings (SSSR count). The SMILES string of the molecule is N#Cc1ncc(-n2c(O)c3n(c2=O)[C@H]2C[C@@H]3N(C(=S)Nc3c(F)cccc3F)C2)c2ccccc12. The Morgan fingerprint density at radius 2 is 1.89 bits per heavy atom. The first-order valence-electron chi connectivity index (χ1n) is 10.8. The highest BCUT2D eigenvalue weighted by Crippen LogP contribution is 2.49. The molecule has 4 aromatic rings. The van der Waals surface area contributed by atoms with Crippen molar-refractivity contribution in [2.75, 3.05) is 11.9 Å². The van der Waals surface area contributed by atoms with Crippen molar-refractivity contribution in [1.29, 1.82) is 5.26 Å². The number of fused-ring (bicyclic) bond motifs is 6.